The van der Waals surface area contributed by atoms with Gasteiger partial charge in [0, 0.05) is 24.7 Å². The van der Waals surface area contributed by atoms with Gasteiger partial charge in [-0.1, -0.05) is 36.4 Å². The molecule has 194 valence electrons. The first kappa shape index (κ1) is 27.4. The molecule has 3 rings (SSSR count). The molecule has 2 amide bonds. The third kappa shape index (κ3) is 7.38. The molecule has 0 spiro atoms. The molecule has 0 aliphatic heterocycles. The number of ether oxygens (including phenoxy) is 2. The molecule has 11 heteroatoms. The van der Waals surface area contributed by atoms with Gasteiger partial charge in [0.15, 0.2) is 11.5 Å². The number of nitrogens with one attached hydrogen (secondary N) is 2. The van der Waals surface area contributed by atoms with E-state index in [9.17, 15) is 18.0 Å². The van der Waals surface area contributed by atoms with Gasteiger partial charge in [0.05, 0.1) is 31.9 Å². The second kappa shape index (κ2) is 12.7. The van der Waals surface area contributed by atoms with Crippen molar-refractivity contribution in [3.8, 4) is 11.5 Å². The monoisotopic (exact) mass is 524 g/mol. The minimum atomic E-state index is -4.07. The minimum Gasteiger partial charge on any atom is -0.493 e. The Morgan fingerprint density at radius 3 is 2.27 bits per heavy atom. The molecule has 37 heavy (non-hydrogen) atoms. The summed E-state index contributed by atoms with van der Waals surface area (Å²) in [5, 5.41) is 6.55. The second-order valence-corrected chi connectivity index (χ2v) is 9.78. The molecule has 0 atom stereocenters. The first-order valence-electron chi connectivity index (χ1n) is 11.2. The van der Waals surface area contributed by atoms with Crippen LogP contribution in [0.2, 0.25) is 0 Å². The predicted molar refractivity (Wildman–Crippen MR) is 140 cm³/mol. The van der Waals surface area contributed by atoms with E-state index in [-0.39, 0.29) is 17.3 Å². The van der Waals surface area contributed by atoms with Crippen LogP contribution in [-0.2, 0) is 26.2 Å². The van der Waals surface area contributed by atoms with Gasteiger partial charge >= 0.3 is 0 Å². The number of nitrogens with zero attached hydrogens (tertiary/aromatic N) is 2. The number of amides is 2. The Morgan fingerprint density at radius 2 is 1.65 bits per heavy atom. The lowest BCUT2D eigenvalue weighted by Crippen LogP contribution is -2.39. The molecule has 3 aromatic rings. The SMILES string of the molecule is COc1cccc(C=NNC(=O)CN(Cc2ccccc2)S(=O)(=O)c2ccc(NC(C)=O)cc2)c1OC. The third-order valence-corrected chi connectivity index (χ3v) is 6.97. The van der Waals surface area contributed by atoms with Crippen LogP contribution in [0.25, 0.3) is 0 Å². The third-order valence-electron chi connectivity index (χ3n) is 5.16. The molecule has 0 unspecified atom stereocenters. The Balaban J connectivity index is 1.80. The molecule has 0 fully saturated rings. The maximum absolute atomic E-state index is 13.4. The van der Waals surface area contributed by atoms with Crippen molar-refractivity contribution in [2.24, 2.45) is 5.10 Å². The zero-order valence-electron chi connectivity index (χ0n) is 20.7. The zero-order chi connectivity index (χ0) is 26.8. The zero-order valence-corrected chi connectivity index (χ0v) is 21.5. The van der Waals surface area contributed by atoms with Crippen molar-refractivity contribution in [3.05, 3.63) is 83.9 Å². The fraction of sp³-hybridized carbons (Fsp3) is 0.192. The fourth-order valence-corrected chi connectivity index (χ4v) is 4.84. The minimum absolute atomic E-state index is 0.0186. The molecule has 0 aliphatic carbocycles. The van der Waals surface area contributed by atoms with Gasteiger partial charge in [-0.25, -0.2) is 13.8 Å². The largest absolute Gasteiger partial charge is 0.493 e. The van der Waals surface area contributed by atoms with E-state index in [2.05, 4.69) is 15.8 Å². The Morgan fingerprint density at radius 1 is 0.946 bits per heavy atom. The summed E-state index contributed by atoms with van der Waals surface area (Å²) in [4.78, 5) is 24.0. The maximum atomic E-state index is 13.4. The molecule has 0 saturated heterocycles. The van der Waals surface area contributed by atoms with Crippen molar-refractivity contribution < 1.29 is 27.5 Å². The van der Waals surface area contributed by atoms with E-state index in [1.54, 1.807) is 42.5 Å². The highest BCUT2D eigenvalue weighted by atomic mass is 32.2. The summed E-state index contributed by atoms with van der Waals surface area (Å²) in [6.45, 7) is 0.854. The molecule has 0 heterocycles. The van der Waals surface area contributed by atoms with Crippen molar-refractivity contribution in [1.82, 2.24) is 9.73 Å². The van der Waals surface area contributed by atoms with Crippen LogP contribution in [0.3, 0.4) is 0 Å². The van der Waals surface area contributed by atoms with E-state index >= 15 is 0 Å². The van der Waals surface area contributed by atoms with Gasteiger partial charge in [-0.3, -0.25) is 9.59 Å². The van der Waals surface area contributed by atoms with Crippen LogP contribution >= 0.6 is 0 Å². The number of para-hydroxylation sites is 1. The smallest absolute Gasteiger partial charge is 0.255 e. The highest BCUT2D eigenvalue weighted by Crippen LogP contribution is 2.29. The van der Waals surface area contributed by atoms with E-state index in [0.29, 0.717) is 28.3 Å². The molecule has 10 nitrogen and oxygen atoms in total. The van der Waals surface area contributed by atoms with E-state index < -0.39 is 22.5 Å². The van der Waals surface area contributed by atoms with E-state index in [0.717, 1.165) is 4.31 Å². The first-order chi connectivity index (χ1) is 17.7. The Labute approximate surface area is 216 Å². The van der Waals surface area contributed by atoms with E-state index in [1.807, 2.05) is 6.07 Å². The average molecular weight is 525 g/mol. The highest BCUT2D eigenvalue weighted by Gasteiger charge is 2.27. The number of benzene rings is 3. The van der Waals surface area contributed by atoms with Crippen molar-refractivity contribution in [2.75, 3.05) is 26.1 Å². The predicted octanol–water partition coefficient (Wildman–Crippen LogP) is 3.00. The summed E-state index contributed by atoms with van der Waals surface area (Å²) in [6.07, 6.45) is 1.38. The molecule has 0 aromatic heterocycles. The molecule has 3 aromatic carbocycles. The summed E-state index contributed by atoms with van der Waals surface area (Å²) in [5.41, 5.74) is 4.10. The first-order valence-corrected chi connectivity index (χ1v) is 12.6. The summed E-state index contributed by atoms with van der Waals surface area (Å²) in [6, 6.07) is 19.9. The van der Waals surface area contributed by atoms with Gasteiger partial charge in [-0.15, -0.1) is 0 Å². The second-order valence-electron chi connectivity index (χ2n) is 7.84. The molecule has 0 radical (unpaired) electrons. The summed E-state index contributed by atoms with van der Waals surface area (Å²) in [5.74, 6) is 0.0407. The number of sulfonamides is 1. The lowest BCUT2D eigenvalue weighted by Gasteiger charge is -2.21. The van der Waals surface area contributed by atoms with Crippen LogP contribution in [0.5, 0.6) is 11.5 Å². The van der Waals surface area contributed by atoms with Gasteiger partial charge in [-0.2, -0.15) is 9.41 Å². The standard InChI is InChI=1S/C26H28N4O6S/c1-19(31)28-22-12-14-23(15-13-22)37(33,34)30(17-20-8-5-4-6-9-20)18-25(32)29-27-16-21-10-7-11-24(35-2)26(21)36-3/h4-16H,17-18H2,1-3H3,(H,28,31)(H,29,32). The van der Waals surface area contributed by atoms with Gasteiger partial charge in [0.2, 0.25) is 15.9 Å². The van der Waals surface area contributed by atoms with Crippen LogP contribution in [0, 0.1) is 0 Å². The lowest BCUT2D eigenvalue weighted by molar-refractivity contribution is -0.121. The van der Waals surface area contributed by atoms with E-state index in [4.69, 9.17) is 9.47 Å². The molecular formula is C26H28N4O6S. The Kier molecular flexibility index (Phi) is 9.36. The number of carbonyl (C=O) groups is 2. The number of hydrogen-bond acceptors (Lipinski definition) is 7. The Hall–Kier alpha value is -4.22. The maximum Gasteiger partial charge on any atom is 0.255 e. The molecule has 2 N–H and O–H groups in total. The highest BCUT2D eigenvalue weighted by molar-refractivity contribution is 7.89. The fourth-order valence-electron chi connectivity index (χ4n) is 3.46. The van der Waals surface area contributed by atoms with Crippen LogP contribution in [-0.4, -0.2) is 51.5 Å². The number of anilines is 1. The van der Waals surface area contributed by atoms with Crippen molar-refractivity contribution >= 4 is 33.7 Å². The van der Waals surface area contributed by atoms with Crippen LogP contribution in [0.15, 0.2) is 82.8 Å². The topological polar surface area (TPSA) is 126 Å². The summed E-state index contributed by atoms with van der Waals surface area (Å²) >= 11 is 0. The Bertz CT molecular complexity index is 1360. The number of carbonyl (C=O) groups excluding carboxylic acids is 2. The van der Waals surface area contributed by atoms with Gasteiger partial charge in [-0.05, 0) is 42.0 Å². The van der Waals surface area contributed by atoms with Gasteiger partial charge in [0.25, 0.3) is 5.91 Å². The molecule has 0 saturated carbocycles. The van der Waals surface area contributed by atoms with Crippen LogP contribution < -0.4 is 20.2 Å². The van der Waals surface area contributed by atoms with Crippen molar-refractivity contribution in [2.45, 2.75) is 18.4 Å². The van der Waals surface area contributed by atoms with Crippen LogP contribution in [0.1, 0.15) is 18.1 Å². The molecule has 0 aliphatic rings. The summed E-state index contributed by atoms with van der Waals surface area (Å²) < 4.78 is 38.5. The molecule has 0 bridgehead atoms. The number of hydrazone groups is 1. The lowest BCUT2D eigenvalue weighted by atomic mass is 10.2. The normalized spacial score (nSPS) is 11.4. The number of rotatable bonds is 11. The molecular weight excluding hydrogens is 496 g/mol. The van der Waals surface area contributed by atoms with Crippen LogP contribution in [0.4, 0.5) is 5.69 Å². The van der Waals surface area contributed by atoms with Gasteiger partial charge in [0.1, 0.15) is 0 Å². The van der Waals surface area contributed by atoms with Crippen molar-refractivity contribution in [3.63, 3.8) is 0 Å². The van der Waals surface area contributed by atoms with Gasteiger partial charge < -0.3 is 14.8 Å². The number of methoxy groups -OCH3 is 2. The van der Waals surface area contributed by atoms with Crippen molar-refractivity contribution in [1.29, 1.82) is 0 Å². The van der Waals surface area contributed by atoms with E-state index in [1.165, 1.54) is 51.6 Å². The average Bonchev–Trinajstić information content (AvgIpc) is 2.88. The quantitative estimate of drug-likeness (QED) is 0.293. The number of hydrogen-bond donors (Lipinski definition) is 2. The summed E-state index contributed by atoms with van der Waals surface area (Å²) in [7, 11) is -1.07.